The maximum absolute atomic E-state index is 6.79. The van der Waals surface area contributed by atoms with E-state index in [0.717, 1.165) is 194 Å². The summed E-state index contributed by atoms with van der Waals surface area (Å²) in [6, 6.07) is 132. The molecule has 0 spiro atoms. The van der Waals surface area contributed by atoms with Crippen molar-refractivity contribution in [1.29, 1.82) is 0 Å². The topological polar surface area (TPSA) is 84.7 Å². The molecule has 0 saturated carbocycles. The lowest BCUT2D eigenvalue weighted by atomic mass is 9.91. The zero-order valence-electron chi connectivity index (χ0n) is 61.3. The zero-order valence-corrected chi connectivity index (χ0v) is 61.3. The third kappa shape index (κ3) is 9.76. The summed E-state index contributed by atoms with van der Waals surface area (Å²) in [6.07, 6.45) is 5.66. The molecular weight excluding hydrogens is 1390 g/mol. The second-order valence-corrected chi connectivity index (χ2v) is 29.7. The normalized spacial score (nSPS) is 12.0. The van der Waals surface area contributed by atoms with Crippen molar-refractivity contribution in [3.05, 3.63) is 383 Å². The molecule has 24 aromatic rings. The van der Waals surface area contributed by atoms with Gasteiger partial charge >= 0.3 is 0 Å². The van der Waals surface area contributed by atoms with Crippen LogP contribution in [0.5, 0.6) is 0 Å². The minimum absolute atomic E-state index is 0.822. The van der Waals surface area contributed by atoms with E-state index >= 15 is 0 Å². The smallest absolute Gasteiger partial charge is 0.135 e. The second kappa shape index (κ2) is 25.0. The summed E-state index contributed by atoms with van der Waals surface area (Å²) in [5.41, 5.74) is 30.9. The van der Waals surface area contributed by atoms with Crippen molar-refractivity contribution >= 4 is 131 Å². The molecule has 9 heteroatoms. The molecule has 0 aliphatic rings. The Hall–Kier alpha value is -15.5. The van der Waals surface area contributed by atoms with Crippen molar-refractivity contribution in [3.63, 3.8) is 0 Å². The fourth-order valence-electron chi connectivity index (χ4n) is 18.4. The number of rotatable bonds is 11. The lowest BCUT2D eigenvalue weighted by Crippen LogP contribution is -2.04. The Morgan fingerprint density at radius 2 is 0.561 bits per heavy atom. The molecule has 0 unspecified atom stereocenters. The minimum atomic E-state index is 0.822. The third-order valence-electron chi connectivity index (χ3n) is 23.5. The molecule has 0 N–H and O–H groups in total. The van der Waals surface area contributed by atoms with Gasteiger partial charge in [0.15, 0.2) is 0 Å². The molecule has 114 heavy (non-hydrogen) atoms. The zero-order chi connectivity index (χ0) is 74.6. The van der Waals surface area contributed by atoms with Gasteiger partial charge in [0.1, 0.15) is 22.3 Å². The highest BCUT2D eigenvalue weighted by Crippen LogP contribution is 2.49. The molecule has 9 nitrogen and oxygen atoms in total. The standard InChI is InChI=1S/C105H63N7O2/c1-2-20-64(21-3-1)65-36-46-96-82(56-65)83-58-67(37-47-97(83)111(96)95-34-13-8-26-79(95)88-27-14-17-53-106-88)69-40-50-101-85(60-69)87-63-72(42-52-103(87)114-101)110-93-32-11-6-24-76(93)78-43-35-70(61-99(78)110)73-44-45-80(89-28-15-18-54-107-89)105(104(73)90-29-16-19-55-108-90)112-94-33-12-7-25-77(94)81-57-66(38-48-98(81)112)68-39-49-100-84(59-68)86-62-71(41-51-102(86)113-100)109-91-30-9-4-22-74(91)75-23-5-10-31-92(75)109/h1-63H. The van der Waals surface area contributed by atoms with Gasteiger partial charge in [0.25, 0.3) is 0 Å². The fraction of sp³-hybridized carbons (Fsp3) is 0. The van der Waals surface area contributed by atoms with Gasteiger partial charge in [-0.15, -0.1) is 0 Å². The lowest BCUT2D eigenvalue weighted by molar-refractivity contribution is 0.668. The summed E-state index contributed by atoms with van der Waals surface area (Å²) in [5.74, 6) is 0. The van der Waals surface area contributed by atoms with E-state index < -0.39 is 0 Å². The van der Waals surface area contributed by atoms with Crippen LogP contribution in [0.3, 0.4) is 0 Å². The highest BCUT2D eigenvalue weighted by molar-refractivity contribution is 6.18. The Bertz CT molecular complexity index is 8050. The number of hydrogen-bond donors (Lipinski definition) is 0. The maximum atomic E-state index is 6.79. The number of benzene rings is 15. The summed E-state index contributed by atoms with van der Waals surface area (Å²) < 4.78 is 23.1. The van der Waals surface area contributed by atoms with E-state index in [0.29, 0.717) is 0 Å². The Morgan fingerprint density at radius 1 is 0.193 bits per heavy atom. The third-order valence-corrected chi connectivity index (χ3v) is 23.5. The largest absolute Gasteiger partial charge is 0.456 e. The molecule has 0 amide bonds. The Morgan fingerprint density at radius 3 is 1.10 bits per heavy atom. The van der Waals surface area contributed by atoms with Crippen LogP contribution < -0.4 is 0 Å². The minimum Gasteiger partial charge on any atom is -0.456 e. The van der Waals surface area contributed by atoms with Crippen LogP contribution in [0.25, 0.3) is 232 Å². The van der Waals surface area contributed by atoms with Crippen LogP contribution in [-0.4, -0.2) is 33.2 Å². The van der Waals surface area contributed by atoms with Crippen molar-refractivity contribution in [2.24, 2.45) is 0 Å². The summed E-state index contributed by atoms with van der Waals surface area (Å²) in [5, 5.41) is 13.6. The van der Waals surface area contributed by atoms with Crippen LogP contribution in [0.15, 0.2) is 391 Å². The molecule has 0 bridgehead atoms. The van der Waals surface area contributed by atoms with E-state index in [9.17, 15) is 0 Å². The highest BCUT2D eigenvalue weighted by atomic mass is 16.3. The van der Waals surface area contributed by atoms with E-state index in [1.165, 1.54) is 38.3 Å². The monoisotopic (exact) mass is 1450 g/mol. The first-order chi connectivity index (χ1) is 56.5. The van der Waals surface area contributed by atoms with Gasteiger partial charge in [-0.05, 0) is 214 Å². The maximum Gasteiger partial charge on any atom is 0.135 e. The van der Waals surface area contributed by atoms with Gasteiger partial charge in [-0.3, -0.25) is 15.0 Å². The molecule has 0 atom stereocenters. The van der Waals surface area contributed by atoms with Crippen molar-refractivity contribution in [1.82, 2.24) is 33.2 Å². The van der Waals surface area contributed by atoms with Crippen LogP contribution in [0.1, 0.15) is 0 Å². The van der Waals surface area contributed by atoms with Gasteiger partial charge in [-0.25, -0.2) is 0 Å². The van der Waals surface area contributed by atoms with E-state index in [1.54, 1.807) is 0 Å². The van der Waals surface area contributed by atoms with E-state index in [4.69, 9.17) is 23.8 Å². The molecule has 0 fully saturated rings. The lowest BCUT2D eigenvalue weighted by Gasteiger charge is -2.22. The average molecular weight is 1450 g/mol. The molecule has 0 saturated heterocycles. The van der Waals surface area contributed by atoms with Crippen LogP contribution in [0.4, 0.5) is 0 Å². The van der Waals surface area contributed by atoms with E-state index in [2.05, 4.69) is 364 Å². The first-order valence-electron chi connectivity index (χ1n) is 38.7. The second-order valence-electron chi connectivity index (χ2n) is 29.7. The Balaban J connectivity index is 0.652. The molecule has 0 radical (unpaired) electrons. The first-order valence-corrected chi connectivity index (χ1v) is 38.7. The number of para-hydroxylation sites is 5. The number of aromatic nitrogens is 7. The fourth-order valence-corrected chi connectivity index (χ4v) is 18.4. The van der Waals surface area contributed by atoms with Gasteiger partial charge in [0.2, 0.25) is 0 Å². The molecule has 9 heterocycles. The predicted octanol–water partition coefficient (Wildman–Crippen LogP) is 27.7. The molecule has 15 aromatic carbocycles. The predicted molar refractivity (Wildman–Crippen MR) is 470 cm³/mol. The molecule has 9 aromatic heterocycles. The summed E-state index contributed by atoms with van der Waals surface area (Å²) >= 11 is 0. The number of fused-ring (bicyclic) bond motifs is 18. The first kappa shape index (κ1) is 63.5. The molecular formula is C105H63N7O2. The van der Waals surface area contributed by atoms with Crippen LogP contribution in [0, 0.1) is 0 Å². The van der Waals surface area contributed by atoms with Crippen molar-refractivity contribution < 1.29 is 8.83 Å². The van der Waals surface area contributed by atoms with Crippen molar-refractivity contribution in [2.45, 2.75) is 0 Å². The van der Waals surface area contributed by atoms with Gasteiger partial charge in [0, 0.05) is 111 Å². The number of hydrogen-bond acceptors (Lipinski definition) is 5. The average Bonchev–Trinajstić information content (AvgIpc) is 1.57. The molecule has 0 aliphatic carbocycles. The van der Waals surface area contributed by atoms with Gasteiger partial charge in [0.05, 0.1) is 72.6 Å². The molecule has 24 rings (SSSR count). The van der Waals surface area contributed by atoms with E-state index in [1.807, 2.05) is 36.8 Å². The SMILES string of the molecule is c1ccc(-c2ccc3c(c2)c2cc(-c4ccc5oc6ccc(-n7c8ccccc8c8ccc(-c9ccc(-c%10ccccn%10)c(-n%10c%11ccccc%11c%11cc(-c%12ccc%13oc%14ccc(-n%15c%16ccccc%16c%16ccccc%16%15)cc%14c%13c%12)ccc%11%10)c9-c9ccccn9)cc87)cc6c5c4)ccc2n3-c2ccccc2-c2ccccn2)cc1. The van der Waals surface area contributed by atoms with E-state index in [-0.39, 0.29) is 0 Å². The van der Waals surface area contributed by atoms with Crippen LogP contribution >= 0.6 is 0 Å². The molecule has 0 aliphatic heterocycles. The van der Waals surface area contributed by atoms with Gasteiger partial charge in [-0.2, -0.15) is 0 Å². The Kier molecular flexibility index (Phi) is 13.9. The Labute approximate surface area is 652 Å². The summed E-state index contributed by atoms with van der Waals surface area (Å²) in [4.78, 5) is 15.2. The number of nitrogens with zero attached hydrogens (tertiary/aromatic N) is 7. The number of pyridine rings is 3. The van der Waals surface area contributed by atoms with Crippen LogP contribution in [-0.2, 0) is 0 Å². The molecule has 530 valence electrons. The summed E-state index contributed by atoms with van der Waals surface area (Å²) in [6.45, 7) is 0. The van der Waals surface area contributed by atoms with Crippen molar-refractivity contribution in [3.8, 4) is 101 Å². The summed E-state index contributed by atoms with van der Waals surface area (Å²) in [7, 11) is 0. The van der Waals surface area contributed by atoms with Crippen LogP contribution in [0.2, 0.25) is 0 Å². The highest BCUT2D eigenvalue weighted by Gasteiger charge is 2.27. The van der Waals surface area contributed by atoms with Gasteiger partial charge < -0.3 is 27.1 Å². The van der Waals surface area contributed by atoms with Crippen molar-refractivity contribution in [2.75, 3.05) is 0 Å². The quantitative estimate of drug-likeness (QED) is 0.129. The number of furan rings is 2. The van der Waals surface area contributed by atoms with Gasteiger partial charge in [-0.1, -0.05) is 194 Å².